The second kappa shape index (κ2) is 7.01. The molecular weight excluding hydrogens is 332 g/mol. The number of halogens is 1. The Morgan fingerprint density at radius 2 is 2.04 bits per heavy atom. The molecule has 0 aliphatic heterocycles. The van der Waals surface area contributed by atoms with Crippen molar-refractivity contribution in [2.45, 2.75) is 6.54 Å². The predicted octanol–water partition coefficient (Wildman–Crippen LogP) is 3.00. The smallest absolute Gasteiger partial charge is 0.334 e. The molecule has 24 heavy (non-hydrogen) atoms. The molecule has 122 valence electrons. The number of H-pyrrole nitrogens is 1. The number of rotatable bonds is 4. The fourth-order valence-electron chi connectivity index (χ4n) is 2.09. The topological polar surface area (TPSA) is 100 Å². The molecule has 3 aromatic rings. The highest BCUT2D eigenvalue weighted by Crippen LogP contribution is 2.18. The summed E-state index contributed by atoms with van der Waals surface area (Å²) in [4.78, 5) is 25.4. The van der Waals surface area contributed by atoms with E-state index >= 15 is 0 Å². The number of anilines is 1. The summed E-state index contributed by atoms with van der Waals surface area (Å²) < 4.78 is 4.47. The number of aromatic amines is 1. The summed E-state index contributed by atoms with van der Waals surface area (Å²) in [6.07, 6.45) is 0. The zero-order valence-corrected chi connectivity index (χ0v) is 13.1. The van der Waals surface area contributed by atoms with Crippen LogP contribution in [0.5, 0.6) is 0 Å². The van der Waals surface area contributed by atoms with Crippen LogP contribution in [0.3, 0.4) is 0 Å². The normalized spacial score (nSPS) is 10.4. The van der Waals surface area contributed by atoms with E-state index < -0.39 is 5.76 Å². The van der Waals surface area contributed by atoms with Crippen molar-refractivity contribution in [2.75, 3.05) is 5.32 Å². The Balaban J connectivity index is 1.64. The van der Waals surface area contributed by atoms with E-state index in [0.29, 0.717) is 28.6 Å². The highest BCUT2D eigenvalue weighted by atomic mass is 35.5. The van der Waals surface area contributed by atoms with Crippen LogP contribution in [0.2, 0.25) is 5.02 Å². The Morgan fingerprint density at radius 1 is 1.21 bits per heavy atom. The lowest BCUT2D eigenvalue weighted by atomic mass is 10.2. The number of urea groups is 1. The molecule has 1 aromatic heterocycles. The highest BCUT2D eigenvalue weighted by molar-refractivity contribution is 6.31. The average Bonchev–Trinajstić information content (AvgIpc) is 3.01. The predicted molar refractivity (Wildman–Crippen MR) is 89.9 cm³/mol. The first-order valence-corrected chi connectivity index (χ1v) is 7.44. The Kier molecular flexibility index (Phi) is 4.62. The SMILES string of the molecule is O=C(NCc1ccccc1Cl)Nc1cccc(-c2noc(=O)[nH]2)c1. The van der Waals surface area contributed by atoms with Crippen LogP contribution in [0.25, 0.3) is 11.4 Å². The van der Waals surface area contributed by atoms with Crippen molar-refractivity contribution in [3.05, 3.63) is 69.7 Å². The first-order valence-electron chi connectivity index (χ1n) is 7.06. The summed E-state index contributed by atoms with van der Waals surface area (Å²) in [6.45, 7) is 0.307. The maximum Gasteiger partial charge on any atom is 0.439 e. The van der Waals surface area contributed by atoms with E-state index in [2.05, 4.69) is 25.3 Å². The zero-order chi connectivity index (χ0) is 16.9. The molecular formula is C16H13ClN4O3. The van der Waals surface area contributed by atoms with E-state index in [0.717, 1.165) is 5.56 Å². The summed E-state index contributed by atoms with van der Waals surface area (Å²) in [5, 5.41) is 9.63. The van der Waals surface area contributed by atoms with E-state index in [1.807, 2.05) is 18.2 Å². The van der Waals surface area contributed by atoms with Gasteiger partial charge in [0.25, 0.3) is 0 Å². The second-order valence-electron chi connectivity index (χ2n) is 4.92. The Labute approximate surface area is 141 Å². The Hall–Kier alpha value is -3.06. The van der Waals surface area contributed by atoms with Crippen molar-refractivity contribution in [1.29, 1.82) is 0 Å². The van der Waals surface area contributed by atoms with Gasteiger partial charge in [-0.15, -0.1) is 0 Å². The van der Waals surface area contributed by atoms with E-state index in [1.165, 1.54) is 0 Å². The van der Waals surface area contributed by atoms with Crippen molar-refractivity contribution < 1.29 is 9.32 Å². The van der Waals surface area contributed by atoms with Crippen LogP contribution in [0, 0.1) is 0 Å². The van der Waals surface area contributed by atoms with Crippen LogP contribution in [0.4, 0.5) is 10.5 Å². The molecule has 0 atom stereocenters. The summed E-state index contributed by atoms with van der Waals surface area (Å²) in [5.74, 6) is -0.346. The minimum atomic E-state index is -0.638. The van der Waals surface area contributed by atoms with E-state index in [1.54, 1.807) is 30.3 Å². The fraction of sp³-hybridized carbons (Fsp3) is 0.0625. The summed E-state index contributed by atoms with van der Waals surface area (Å²) in [6, 6.07) is 13.8. The lowest BCUT2D eigenvalue weighted by Gasteiger charge is -2.09. The molecule has 0 bridgehead atoms. The monoisotopic (exact) mass is 344 g/mol. The minimum absolute atomic E-state index is 0.292. The molecule has 2 aromatic carbocycles. The van der Waals surface area contributed by atoms with Gasteiger partial charge in [-0.05, 0) is 23.8 Å². The van der Waals surface area contributed by atoms with Crippen LogP contribution in [0.15, 0.2) is 57.8 Å². The van der Waals surface area contributed by atoms with Gasteiger partial charge < -0.3 is 10.6 Å². The summed E-state index contributed by atoms with van der Waals surface area (Å²) in [7, 11) is 0. The van der Waals surface area contributed by atoms with E-state index in [4.69, 9.17) is 11.6 Å². The number of benzene rings is 2. The van der Waals surface area contributed by atoms with Crippen LogP contribution in [0.1, 0.15) is 5.56 Å². The molecule has 0 radical (unpaired) electrons. The molecule has 3 N–H and O–H groups in total. The maximum absolute atomic E-state index is 12.0. The van der Waals surface area contributed by atoms with E-state index in [9.17, 15) is 9.59 Å². The lowest BCUT2D eigenvalue weighted by Crippen LogP contribution is -2.28. The molecule has 1 heterocycles. The first kappa shape index (κ1) is 15.8. The third-order valence-electron chi connectivity index (χ3n) is 3.23. The quantitative estimate of drug-likeness (QED) is 0.677. The molecule has 0 aliphatic carbocycles. The lowest BCUT2D eigenvalue weighted by molar-refractivity contribution is 0.252. The van der Waals surface area contributed by atoms with Gasteiger partial charge in [-0.3, -0.25) is 9.51 Å². The second-order valence-corrected chi connectivity index (χ2v) is 5.33. The van der Waals surface area contributed by atoms with Gasteiger partial charge in [-0.2, -0.15) is 0 Å². The Morgan fingerprint density at radius 3 is 2.79 bits per heavy atom. The number of nitrogens with zero attached hydrogens (tertiary/aromatic N) is 1. The third kappa shape index (κ3) is 3.82. The van der Waals surface area contributed by atoms with Crippen LogP contribution >= 0.6 is 11.6 Å². The highest BCUT2D eigenvalue weighted by Gasteiger charge is 2.07. The first-order chi connectivity index (χ1) is 11.6. The number of carbonyl (C=O) groups excluding carboxylic acids is 1. The molecule has 8 heteroatoms. The van der Waals surface area contributed by atoms with Crippen molar-refractivity contribution in [1.82, 2.24) is 15.5 Å². The molecule has 0 fully saturated rings. The number of carbonyl (C=O) groups is 1. The molecule has 7 nitrogen and oxygen atoms in total. The maximum atomic E-state index is 12.0. The molecule has 0 saturated heterocycles. The number of hydrogen-bond acceptors (Lipinski definition) is 4. The third-order valence-corrected chi connectivity index (χ3v) is 3.60. The van der Waals surface area contributed by atoms with Crippen molar-refractivity contribution in [2.24, 2.45) is 0 Å². The van der Waals surface area contributed by atoms with Crippen LogP contribution < -0.4 is 16.4 Å². The zero-order valence-electron chi connectivity index (χ0n) is 12.4. The van der Waals surface area contributed by atoms with E-state index in [-0.39, 0.29) is 6.03 Å². The van der Waals surface area contributed by atoms with Crippen molar-refractivity contribution in [3.63, 3.8) is 0 Å². The van der Waals surface area contributed by atoms with Gasteiger partial charge in [-0.25, -0.2) is 9.59 Å². The largest absolute Gasteiger partial charge is 0.439 e. The summed E-state index contributed by atoms with van der Waals surface area (Å²) in [5.41, 5.74) is 1.99. The van der Waals surface area contributed by atoms with Crippen molar-refractivity contribution in [3.8, 4) is 11.4 Å². The van der Waals surface area contributed by atoms with Gasteiger partial charge in [-0.1, -0.05) is 47.1 Å². The molecule has 0 spiro atoms. The number of hydrogen-bond donors (Lipinski definition) is 3. The summed E-state index contributed by atoms with van der Waals surface area (Å²) >= 11 is 6.04. The average molecular weight is 345 g/mol. The molecule has 2 amide bonds. The van der Waals surface area contributed by atoms with Gasteiger partial charge in [0.1, 0.15) is 0 Å². The van der Waals surface area contributed by atoms with Crippen LogP contribution in [-0.4, -0.2) is 16.2 Å². The minimum Gasteiger partial charge on any atom is -0.334 e. The van der Waals surface area contributed by atoms with Gasteiger partial charge >= 0.3 is 11.8 Å². The fourth-order valence-corrected chi connectivity index (χ4v) is 2.29. The standard InChI is InChI=1S/C16H13ClN4O3/c17-13-7-2-1-4-11(13)9-18-15(22)19-12-6-3-5-10(8-12)14-20-16(23)24-21-14/h1-8H,9H2,(H2,18,19,22)(H,20,21,23). The Bertz CT molecular complexity index is 919. The molecule has 0 saturated carbocycles. The molecule has 0 aliphatic rings. The number of aromatic nitrogens is 2. The molecule has 3 rings (SSSR count). The van der Waals surface area contributed by atoms with Crippen LogP contribution in [-0.2, 0) is 6.54 Å². The van der Waals surface area contributed by atoms with Gasteiger partial charge in [0.05, 0.1) is 0 Å². The van der Waals surface area contributed by atoms with Gasteiger partial charge in [0, 0.05) is 22.8 Å². The number of amides is 2. The van der Waals surface area contributed by atoms with Gasteiger partial charge in [0.15, 0.2) is 5.82 Å². The van der Waals surface area contributed by atoms with Gasteiger partial charge in [0.2, 0.25) is 0 Å². The van der Waals surface area contributed by atoms with Crippen molar-refractivity contribution >= 4 is 23.3 Å². The number of nitrogens with one attached hydrogen (secondary N) is 3. The molecule has 0 unspecified atom stereocenters.